The summed E-state index contributed by atoms with van der Waals surface area (Å²) in [5, 5.41) is 23.0. The number of benzene rings is 3. The molecule has 4 aromatic rings. The molecule has 3 aromatic carbocycles. The quantitative estimate of drug-likeness (QED) is 0.403. The minimum absolute atomic E-state index is 0.0416. The number of para-hydroxylation sites is 1. The van der Waals surface area contributed by atoms with Crippen molar-refractivity contribution >= 4 is 33.9 Å². The van der Waals surface area contributed by atoms with Crippen LogP contribution >= 0.6 is 0 Å². The van der Waals surface area contributed by atoms with E-state index in [4.69, 9.17) is 0 Å². The maximum Gasteiger partial charge on any atom is 0.244 e. The molecule has 0 saturated carbocycles. The van der Waals surface area contributed by atoms with Crippen LogP contribution in [0.4, 0.5) is 17.1 Å². The number of carbonyl (C=O) groups excluding carboxylic acids is 1. The second-order valence-corrected chi connectivity index (χ2v) is 7.18. The number of azo groups is 1. The van der Waals surface area contributed by atoms with Crippen LogP contribution in [0.5, 0.6) is 5.88 Å². The highest BCUT2D eigenvalue weighted by molar-refractivity contribution is 5.97. The van der Waals surface area contributed by atoms with Crippen molar-refractivity contribution < 1.29 is 9.90 Å². The summed E-state index contributed by atoms with van der Waals surface area (Å²) in [6.45, 7) is 3.90. The van der Waals surface area contributed by atoms with E-state index in [2.05, 4.69) is 15.5 Å². The fourth-order valence-corrected chi connectivity index (χ4v) is 3.29. The Kier molecular flexibility index (Phi) is 5.30. The average Bonchev–Trinajstić information content (AvgIpc) is 3.00. The van der Waals surface area contributed by atoms with Gasteiger partial charge >= 0.3 is 0 Å². The summed E-state index contributed by atoms with van der Waals surface area (Å²) in [6.07, 6.45) is 0. The second-order valence-electron chi connectivity index (χ2n) is 7.18. The van der Waals surface area contributed by atoms with E-state index in [0.29, 0.717) is 16.9 Å². The number of aromatic nitrogens is 1. The van der Waals surface area contributed by atoms with Crippen LogP contribution in [-0.2, 0) is 11.3 Å². The molecule has 0 bridgehead atoms. The van der Waals surface area contributed by atoms with Gasteiger partial charge in [-0.15, -0.1) is 5.11 Å². The lowest BCUT2D eigenvalue weighted by Gasteiger charge is -2.08. The molecule has 0 saturated heterocycles. The van der Waals surface area contributed by atoms with Crippen LogP contribution in [0.25, 0.3) is 10.9 Å². The average molecular weight is 398 g/mol. The van der Waals surface area contributed by atoms with Gasteiger partial charge in [-0.2, -0.15) is 5.11 Å². The monoisotopic (exact) mass is 398 g/mol. The highest BCUT2D eigenvalue weighted by atomic mass is 16.3. The molecule has 4 rings (SSSR count). The molecular weight excluding hydrogens is 376 g/mol. The van der Waals surface area contributed by atoms with E-state index in [0.717, 1.165) is 22.2 Å². The number of nitrogens with one attached hydrogen (secondary N) is 1. The maximum atomic E-state index is 12.6. The van der Waals surface area contributed by atoms with Crippen LogP contribution in [0.15, 0.2) is 83.0 Å². The molecule has 1 amide bonds. The zero-order valence-electron chi connectivity index (χ0n) is 16.8. The molecule has 30 heavy (non-hydrogen) atoms. The lowest BCUT2D eigenvalue weighted by atomic mass is 10.2. The number of aromatic hydroxyl groups is 1. The van der Waals surface area contributed by atoms with Crippen LogP contribution in [0.1, 0.15) is 11.1 Å². The molecule has 2 N–H and O–H groups in total. The Labute approximate surface area is 174 Å². The van der Waals surface area contributed by atoms with Gasteiger partial charge in [-0.05, 0) is 43.7 Å². The summed E-state index contributed by atoms with van der Waals surface area (Å²) >= 11 is 0. The summed E-state index contributed by atoms with van der Waals surface area (Å²) in [7, 11) is 0. The molecule has 0 fully saturated rings. The number of aryl methyl sites for hydroxylation is 2. The van der Waals surface area contributed by atoms with Crippen molar-refractivity contribution in [3.05, 3.63) is 83.9 Å². The van der Waals surface area contributed by atoms with Crippen LogP contribution in [0.2, 0.25) is 0 Å². The molecule has 0 aliphatic carbocycles. The Morgan fingerprint density at radius 3 is 2.40 bits per heavy atom. The van der Waals surface area contributed by atoms with E-state index < -0.39 is 0 Å². The van der Waals surface area contributed by atoms with E-state index in [1.807, 2.05) is 86.6 Å². The number of hydrogen-bond acceptors (Lipinski definition) is 4. The first-order valence-electron chi connectivity index (χ1n) is 9.67. The van der Waals surface area contributed by atoms with Gasteiger partial charge in [0.2, 0.25) is 11.8 Å². The Hall–Kier alpha value is -3.93. The van der Waals surface area contributed by atoms with Crippen LogP contribution in [0.3, 0.4) is 0 Å². The first-order valence-corrected chi connectivity index (χ1v) is 9.67. The first-order chi connectivity index (χ1) is 14.5. The third-order valence-electron chi connectivity index (χ3n) is 4.93. The van der Waals surface area contributed by atoms with Gasteiger partial charge in [0.1, 0.15) is 6.54 Å². The zero-order chi connectivity index (χ0) is 21.1. The summed E-state index contributed by atoms with van der Waals surface area (Å²) in [6, 6.07) is 22.6. The van der Waals surface area contributed by atoms with Gasteiger partial charge in [-0.25, -0.2) is 0 Å². The maximum absolute atomic E-state index is 12.6. The predicted molar refractivity (Wildman–Crippen MR) is 119 cm³/mol. The fourth-order valence-electron chi connectivity index (χ4n) is 3.29. The summed E-state index contributed by atoms with van der Waals surface area (Å²) in [5.74, 6) is -0.329. The highest BCUT2D eigenvalue weighted by Crippen LogP contribution is 2.39. The largest absolute Gasteiger partial charge is 0.493 e. The van der Waals surface area contributed by atoms with Crippen molar-refractivity contribution in [1.82, 2.24) is 4.57 Å². The number of fused-ring (bicyclic) bond motifs is 1. The third kappa shape index (κ3) is 3.93. The lowest BCUT2D eigenvalue weighted by Crippen LogP contribution is -2.18. The van der Waals surface area contributed by atoms with Gasteiger partial charge in [-0.1, -0.05) is 54.1 Å². The van der Waals surface area contributed by atoms with Crippen LogP contribution < -0.4 is 5.32 Å². The minimum Gasteiger partial charge on any atom is -0.493 e. The lowest BCUT2D eigenvalue weighted by molar-refractivity contribution is -0.116. The molecule has 0 atom stereocenters. The number of carbonyl (C=O) groups is 1. The van der Waals surface area contributed by atoms with E-state index in [-0.39, 0.29) is 18.3 Å². The highest BCUT2D eigenvalue weighted by Gasteiger charge is 2.18. The van der Waals surface area contributed by atoms with Crippen molar-refractivity contribution in [2.75, 3.05) is 5.32 Å². The van der Waals surface area contributed by atoms with Gasteiger partial charge in [0.05, 0.1) is 11.2 Å². The molecule has 0 spiro atoms. The molecular formula is C24H22N4O2. The van der Waals surface area contributed by atoms with Gasteiger partial charge in [0.25, 0.3) is 0 Å². The van der Waals surface area contributed by atoms with Crippen molar-refractivity contribution in [3.8, 4) is 5.88 Å². The Morgan fingerprint density at radius 2 is 1.63 bits per heavy atom. The summed E-state index contributed by atoms with van der Waals surface area (Å²) < 4.78 is 1.55. The topological polar surface area (TPSA) is 79.0 Å². The number of anilines is 1. The summed E-state index contributed by atoms with van der Waals surface area (Å²) in [5.41, 5.74) is 4.60. The van der Waals surface area contributed by atoms with Crippen molar-refractivity contribution in [1.29, 1.82) is 0 Å². The molecule has 1 heterocycles. The third-order valence-corrected chi connectivity index (χ3v) is 4.93. The number of rotatable bonds is 5. The van der Waals surface area contributed by atoms with Gasteiger partial charge in [0.15, 0.2) is 5.69 Å². The standard InChI is InChI=1S/C24H22N4O2/c1-16-11-13-18(14-12-16)25-22(29)15-28-21-10-6-4-8-19(21)23(24(28)30)27-26-20-9-5-3-7-17(20)2/h3-14,30H,15H2,1-2H3,(H,25,29). The van der Waals surface area contributed by atoms with E-state index in [9.17, 15) is 9.90 Å². The minimum atomic E-state index is -0.239. The number of hydrogen-bond donors (Lipinski definition) is 2. The molecule has 0 radical (unpaired) electrons. The first kappa shape index (κ1) is 19.4. The van der Waals surface area contributed by atoms with Gasteiger partial charge in [0, 0.05) is 11.1 Å². The van der Waals surface area contributed by atoms with Crippen molar-refractivity contribution in [2.24, 2.45) is 10.2 Å². The second kappa shape index (κ2) is 8.21. The Bertz CT molecular complexity index is 1240. The molecule has 150 valence electrons. The van der Waals surface area contributed by atoms with Crippen molar-refractivity contribution in [3.63, 3.8) is 0 Å². The number of nitrogens with zero attached hydrogens (tertiary/aromatic N) is 3. The van der Waals surface area contributed by atoms with E-state index >= 15 is 0 Å². The Morgan fingerprint density at radius 1 is 0.933 bits per heavy atom. The van der Waals surface area contributed by atoms with E-state index in [1.165, 1.54) is 0 Å². The van der Waals surface area contributed by atoms with Gasteiger partial charge in [-0.3, -0.25) is 4.79 Å². The molecule has 0 unspecified atom stereocenters. The molecule has 6 nitrogen and oxygen atoms in total. The Balaban J connectivity index is 1.65. The zero-order valence-corrected chi connectivity index (χ0v) is 16.8. The SMILES string of the molecule is Cc1ccc(NC(=O)Cn2c(O)c(N=Nc3ccccc3C)c3ccccc32)cc1. The molecule has 0 aliphatic heterocycles. The predicted octanol–water partition coefficient (Wildman–Crippen LogP) is 6.02. The molecule has 0 aliphatic rings. The normalized spacial score (nSPS) is 11.3. The summed E-state index contributed by atoms with van der Waals surface area (Å²) in [4.78, 5) is 12.6. The van der Waals surface area contributed by atoms with Crippen molar-refractivity contribution in [2.45, 2.75) is 20.4 Å². The van der Waals surface area contributed by atoms with E-state index in [1.54, 1.807) is 4.57 Å². The smallest absolute Gasteiger partial charge is 0.244 e. The number of amides is 1. The molecule has 6 heteroatoms. The van der Waals surface area contributed by atoms with Gasteiger partial charge < -0.3 is 15.0 Å². The molecule has 1 aromatic heterocycles. The van der Waals surface area contributed by atoms with Crippen LogP contribution in [-0.4, -0.2) is 15.6 Å². The van der Waals surface area contributed by atoms with Crippen LogP contribution in [0, 0.1) is 13.8 Å². The fraction of sp³-hybridized carbons (Fsp3) is 0.125.